The molecule has 0 aromatic heterocycles. The Bertz CT molecular complexity index is 684. The summed E-state index contributed by atoms with van der Waals surface area (Å²) in [4.78, 5) is 13.5. The maximum atomic E-state index is 11.2. The number of fused-ring (bicyclic) bond motifs is 1. The molecule has 23 heavy (non-hydrogen) atoms. The van der Waals surface area contributed by atoms with Crippen molar-refractivity contribution in [1.82, 2.24) is 4.90 Å². The summed E-state index contributed by atoms with van der Waals surface area (Å²) in [6, 6.07) is 15.4. The standard InChI is InChI=1S/C19H21NO3/c21-19(22)17-9-3-4-10-18(17)23-13-12-20-11-5-8-15-6-1-2-7-16(15)14-20/h1-4,6-7,9-10H,5,8,11-14H2,(H,21,22). The van der Waals surface area contributed by atoms with Crippen molar-refractivity contribution in [3.05, 3.63) is 65.2 Å². The molecule has 120 valence electrons. The molecule has 0 fully saturated rings. The monoisotopic (exact) mass is 311 g/mol. The predicted molar refractivity (Wildman–Crippen MR) is 88.9 cm³/mol. The van der Waals surface area contributed by atoms with E-state index in [1.165, 1.54) is 11.1 Å². The highest BCUT2D eigenvalue weighted by Crippen LogP contribution is 2.20. The molecule has 0 bridgehead atoms. The SMILES string of the molecule is O=C(O)c1ccccc1OCCN1CCCc2ccccc2C1. The molecule has 2 aromatic carbocycles. The predicted octanol–water partition coefficient (Wildman–Crippen LogP) is 3.21. The topological polar surface area (TPSA) is 49.8 Å². The zero-order chi connectivity index (χ0) is 16.1. The molecule has 0 saturated carbocycles. The quantitative estimate of drug-likeness (QED) is 0.921. The summed E-state index contributed by atoms with van der Waals surface area (Å²) in [7, 11) is 0. The summed E-state index contributed by atoms with van der Waals surface area (Å²) < 4.78 is 5.71. The third kappa shape index (κ3) is 3.90. The molecule has 0 amide bonds. The van der Waals surface area contributed by atoms with E-state index in [4.69, 9.17) is 9.84 Å². The molecule has 0 aliphatic carbocycles. The fraction of sp³-hybridized carbons (Fsp3) is 0.316. The number of carboxylic acid groups (broad SMARTS) is 1. The number of benzene rings is 2. The Morgan fingerprint density at radius 3 is 2.65 bits per heavy atom. The maximum absolute atomic E-state index is 11.2. The number of ether oxygens (including phenoxy) is 1. The van der Waals surface area contributed by atoms with Crippen molar-refractivity contribution in [2.75, 3.05) is 19.7 Å². The van der Waals surface area contributed by atoms with Crippen LogP contribution >= 0.6 is 0 Å². The Morgan fingerprint density at radius 1 is 1.09 bits per heavy atom. The van der Waals surface area contributed by atoms with Crippen LogP contribution in [-0.2, 0) is 13.0 Å². The lowest BCUT2D eigenvalue weighted by atomic mass is 10.0. The minimum atomic E-state index is -0.954. The second kappa shape index (κ2) is 7.29. The molecule has 2 aromatic rings. The Labute approximate surface area is 136 Å². The summed E-state index contributed by atoms with van der Waals surface area (Å²) in [5.41, 5.74) is 3.04. The van der Waals surface area contributed by atoms with Crippen LogP contribution < -0.4 is 4.74 Å². The molecule has 4 nitrogen and oxygen atoms in total. The van der Waals surface area contributed by atoms with Crippen LogP contribution in [0.5, 0.6) is 5.75 Å². The summed E-state index contributed by atoms with van der Waals surface area (Å²) in [5, 5.41) is 9.17. The lowest BCUT2D eigenvalue weighted by Gasteiger charge is -2.20. The van der Waals surface area contributed by atoms with Gasteiger partial charge in [0.1, 0.15) is 17.9 Å². The van der Waals surface area contributed by atoms with E-state index < -0.39 is 5.97 Å². The molecular formula is C19H21NO3. The molecule has 1 N–H and O–H groups in total. The summed E-state index contributed by atoms with van der Waals surface area (Å²) in [6.07, 6.45) is 2.26. The van der Waals surface area contributed by atoms with Gasteiger partial charge in [0.25, 0.3) is 0 Å². The van der Waals surface area contributed by atoms with E-state index in [0.29, 0.717) is 12.4 Å². The average molecular weight is 311 g/mol. The number of aromatic carboxylic acids is 1. The third-order valence-corrected chi connectivity index (χ3v) is 4.22. The first-order chi connectivity index (χ1) is 11.2. The second-order valence-corrected chi connectivity index (χ2v) is 5.80. The average Bonchev–Trinajstić information content (AvgIpc) is 2.77. The number of hydrogen-bond donors (Lipinski definition) is 1. The molecule has 0 spiro atoms. The van der Waals surface area contributed by atoms with Crippen LogP contribution in [0.2, 0.25) is 0 Å². The van der Waals surface area contributed by atoms with Crippen LogP contribution in [0.3, 0.4) is 0 Å². The van der Waals surface area contributed by atoms with Crippen molar-refractivity contribution in [1.29, 1.82) is 0 Å². The van der Waals surface area contributed by atoms with Gasteiger partial charge in [-0.3, -0.25) is 4.90 Å². The number of nitrogens with zero attached hydrogens (tertiary/aromatic N) is 1. The molecule has 0 atom stereocenters. The van der Waals surface area contributed by atoms with Crippen LogP contribution in [0.4, 0.5) is 0 Å². The third-order valence-electron chi connectivity index (χ3n) is 4.22. The minimum Gasteiger partial charge on any atom is -0.491 e. The van der Waals surface area contributed by atoms with E-state index in [0.717, 1.165) is 32.5 Å². The highest BCUT2D eigenvalue weighted by atomic mass is 16.5. The molecule has 4 heteroatoms. The number of hydrogen-bond acceptors (Lipinski definition) is 3. The van der Waals surface area contributed by atoms with Crippen LogP contribution in [0.15, 0.2) is 48.5 Å². The maximum Gasteiger partial charge on any atom is 0.339 e. The molecule has 0 saturated heterocycles. The number of rotatable bonds is 5. The summed E-state index contributed by atoms with van der Waals surface area (Å²) >= 11 is 0. The molecule has 0 radical (unpaired) electrons. The molecule has 3 rings (SSSR count). The zero-order valence-corrected chi connectivity index (χ0v) is 13.1. The van der Waals surface area contributed by atoms with E-state index in [1.54, 1.807) is 24.3 Å². The molecule has 1 heterocycles. The number of carboxylic acids is 1. The van der Waals surface area contributed by atoms with E-state index >= 15 is 0 Å². The van der Waals surface area contributed by atoms with Gasteiger partial charge in [-0.15, -0.1) is 0 Å². The van der Waals surface area contributed by atoms with Crippen molar-refractivity contribution < 1.29 is 14.6 Å². The van der Waals surface area contributed by atoms with Crippen molar-refractivity contribution in [2.45, 2.75) is 19.4 Å². The molecule has 1 aliphatic heterocycles. The fourth-order valence-electron chi connectivity index (χ4n) is 3.01. The Kier molecular flexibility index (Phi) is 4.93. The molecule has 0 unspecified atom stereocenters. The van der Waals surface area contributed by atoms with Gasteiger partial charge in [-0.25, -0.2) is 4.79 Å². The molecule has 1 aliphatic rings. The van der Waals surface area contributed by atoms with Gasteiger partial charge < -0.3 is 9.84 Å². The molecular weight excluding hydrogens is 290 g/mol. The summed E-state index contributed by atoms with van der Waals surface area (Å²) in [6.45, 7) is 3.26. The van der Waals surface area contributed by atoms with Gasteiger partial charge in [0.2, 0.25) is 0 Å². The lowest BCUT2D eigenvalue weighted by Crippen LogP contribution is -2.28. The highest BCUT2D eigenvalue weighted by molar-refractivity contribution is 5.90. The van der Waals surface area contributed by atoms with Crippen molar-refractivity contribution in [3.63, 3.8) is 0 Å². The van der Waals surface area contributed by atoms with Gasteiger partial charge in [-0.05, 0) is 42.6 Å². The summed E-state index contributed by atoms with van der Waals surface area (Å²) in [5.74, 6) is -0.514. The number of para-hydroxylation sites is 1. The second-order valence-electron chi connectivity index (χ2n) is 5.80. The first kappa shape index (κ1) is 15.6. The normalized spacial score (nSPS) is 14.8. The number of carbonyl (C=O) groups is 1. The lowest BCUT2D eigenvalue weighted by molar-refractivity contribution is 0.0691. The van der Waals surface area contributed by atoms with Gasteiger partial charge in [-0.2, -0.15) is 0 Å². The smallest absolute Gasteiger partial charge is 0.339 e. The van der Waals surface area contributed by atoms with E-state index in [-0.39, 0.29) is 5.56 Å². The van der Waals surface area contributed by atoms with Gasteiger partial charge in [0.05, 0.1) is 0 Å². The van der Waals surface area contributed by atoms with E-state index in [1.807, 2.05) is 0 Å². The first-order valence-corrected chi connectivity index (χ1v) is 7.98. The Hall–Kier alpha value is -2.33. The van der Waals surface area contributed by atoms with Crippen LogP contribution in [0.1, 0.15) is 27.9 Å². The largest absolute Gasteiger partial charge is 0.491 e. The fourth-order valence-corrected chi connectivity index (χ4v) is 3.01. The van der Waals surface area contributed by atoms with Gasteiger partial charge in [0.15, 0.2) is 0 Å². The van der Waals surface area contributed by atoms with Crippen LogP contribution in [-0.4, -0.2) is 35.7 Å². The van der Waals surface area contributed by atoms with Gasteiger partial charge in [-0.1, -0.05) is 36.4 Å². The zero-order valence-electron chi connectivity index (χ0n) is 13.1. The van der Waals surface area contributed by atoms with Crippen LogP contribution in [0.25, 0.3) is 0 Å². The first-order valence-electron chi connectivity index (χ1n) is 7.98. The minimum absolute atomic E-state index is 0.216. The van der Waals surface area contributed by atoms with E-state index in [9.17, 15) is 4.79 Å². The van der Waals surface area contributed by atoms with Crippen LogP contribution in [0, 0.1) is 0 Å². The van der Waals surface area contributed by atoms with Crippen molar-refractivity contribution >= 4 is 5.97 Å². The van der Waals surface area contributed by atoms with Crippen molar-refractivity contribution in [2.24, 2.45) is 0 Å². The highest BCUT2D eigenvalue weighted by Gasteiger charge is 2.14. The van der Waals surface area contributed by atoms with E-state index in [2.05, 4.69) is 29.2 Å². The van der Waals surface area contributed by atoms with Gasteiger partial charge in [0, 0.05) is 13.1 Å². The Balaban J connectivity index is 1.58. The Morgan fingerprint density at radius 2 is 1.83 bits per heavy atom. The van der Waals surface area contributed by atoms with Gasteiger partial charge >= 0.3 is 5.97 Å². The van der Waals surface area contributed by atoms with Crippen molar-refractivity contribution in [3.8, 4) is 5.75 Å². The number of aryl methyl sites for hydroxylation is 1.